The first-order valence-corrected chi connectivity index (χ1v) is 4.23. The molecule has 0 saturated heterocycles. The van der Waals surface area contributed by atoms with Gasteiger partial charge in [-0.1, -0.05) is 24.2 Å². The Bertz CT molecular complexity index is 356. The maximum absolute atomic E-state index is 5.82. The summed E-state index contributed by atoms with van der Waals surface area (Å²) in [6, 6.07) is 5.52. The number of hydrogen-bond donors (Lipinski definition) is 1. The summed E-state index contributed by atoms with van der Waals surface area (Å²) in [5, 5.41) is 0.655. The molecule has 0 spiro atoms. The van der Waals surface area contributed by atoms with E-state index >= 15 is 0 Å². The van der Waals surface area contributed by atoms with E-state index in [0.29, 0.717) is 10.9 Å². The van der Waals surface area contributed by atoms with Crippen molar-refractivity contribution in [1.29, 1.82) is 0 Å². The van der Waals surface area contributed by atoms with Gasteiger partial charge in [-0.2, -0.15) is 0 Å². The van der Waals surface area contributed by atoms with Crippen LogP contribution < -0.4 is 5.73 Å². The van der Waals surface area contributed by atoms with Crippen LogP contribution in [0.4, 0.5) is 0 Å². The highest BCUT2D eigenvalue weighted by atomic mass is 35.5. The number of amidine groups is 1. The van der Waals surface area contributed by atoms with Crippen LogP contribution in [0.1, 0.15) is 11.1 Å². The summed E-state index contributed by atoms with van der Waals surface area (Å²) in [7, 11) is 0. The van der Waals surface area contributed by atoms with E-state index in [2.05, 4.69) is 11.6 Å². The summed E-state index contributed by atoms with van der Waals surface area (Å²) in [6.45, 7) is 5.43. The van der Waals surface area contributed by atoms with Crippen molar-refractivity contribution in [2.45, 2.75) is 6.92 Å². The fourth-order valence-electron chi connectivity index (χ4n) is 1.04. The summed E-state index contributed by atoms with van der Waals surface area (Å²) < 4.78 is 0. The van der Waals surface area contributed by atoms with Crippen LogP contribution in [0.2, 0.25) is 5.02 Å². The number of nitrogens with zero attached hydrogens (tertiary/aromatic N) is 1. The van der Waals surface area contributed by atoms with Gasteiger partial charge in [0, 0.05) is 16.8 Å². The molecule has 0 aliphatic rings. The van der Waals surface area contributed by atoms with Crippen molar-refractivity contribution in [1.82, 2.24) is 0 Å². The van der Waals surface area contributed by atoms with Crippen LogP contribution in [-0.4, -0.2) is 5.84 Å². The third-order valence-corrected chi connectivity index (χ3v) is 1.94. The van der Waals surface area contributed by atoms with Crippen LogP contribution in [0.25, 0.3) is 0 Å². The zero-order valence-electron chi connectivity index (χ0n) is 7.42. The van der Waals surface area contributed by atoms with Gasteiger partial charge in [-0.3, -0.25) is 0 Å². The Morgan fingerprint density at radius 3 is 2.92 bits per heavy atom. The van der Waals surface area contributed by atoms with Gasteiger partial charge < -0.3 is 5.73 Å². The smallest absolute Gasteiger partial charge is 0.130 e. The average Bonchev–Trinajstić information content (AvgIpc) is 2.09. The molecule has 0 aliphatic heterocycles. The first kappa shape index (κ1) is 9.81. The van der Waals surface area contributed by atoms with E-state index in [4.69, 9.17) is 17.3 Å². The molecule has 0 radical (unpaired) electrons. The highest BCUT2D eigenvalue weighted by Crippen LogP contribution is 2.14. The average molecular weight is 195 g/mol. The Morgan fingerprint density at radius 1 is 1.62 bits per heavy atom. The van der Waals surface area contributed by atoms with Gasteiger partial charge in [0.15, 0.2) is 0 Å². The van der Waals surface area contributed by atoms with E-state index in [1.165, 1.54) is 6.20 Å². The fraction of sp³-hybridized carbons (Fsp3) is 0.100. The molecular weight excluding hydrogens is 184 g/mol. The molecule has 2 nitrogen and oxygen atoms in total. The Morgan fingerprint density at radius 2 is 2.31 bits per heavy atom. The van der Waals surface area contributed by atoms with E-state index < -0.39 is 0 Å². The monoisotopic (exact) mass is 194 g/mol. The summed E-state index contributed by atoms with van der Waals surface area (Å²) in [5.74, 6) is 0.440. The van der Waals surface area contributed by atoms with Crippen molar-refractivity contribution in [3.05, 3.63) is 47.1 Å². The molecule has 1 rings (SSSR count). The lowest BCUT2D eigenvalue weighted by Crippen LogP contribution is -2.14. The highest BCUT2D eigenvalue weighted by Gasteiger charge is 2.02. The van der Waals surface area contributed by atoms with Crippen LogP contribution in [0.15, 0.2) is 36.0 Å². The molecule has 13 heavy (non-hydrogen) atoms. The van der Waals surface area contributed by atoms with Crippen LogP contribution in [0.5, 0.6) is 0 Å². The minimum atomic E-state index is 0.440. The maximum atomic E-state index is 5.82. The molecule has 0 bridgehead atoms. The van der Waals surface area contributed by atoms with Crippen LogP contribution >= 0.6 is 11.6 Å². The van der Waals surface area contributed by atoms with Crippen molar-refractivity contribution < 1.29 is 0 Å². The zero-order valence-corrected chi connectivity index (χ0v) is 8.17. The minimum absolute atomic E-state index is 0.440. The fourth-order valence-corrected chi connectivity index (χ4v) is 1.21. The second-order valence-corrected chi connectivity index (χ2v) is 3.09. The number of aliphatic imine (C=N–C) groups is 1. The number of hydrogen-bond acceptors (Lipinski definition) is 1. The molecule has 1 aromatic rings. The molecular formula is C10H11ClN2. The van der Waals surface area contributed by atoms with Crippen molar-refractivity contribution in [2.75, 3.05) is 0 Å². The summed E-state index contributed by atoms with van der Waals surface area (Å²) in [4.78, 5) is 3.90. The van der Waals surface area contributed by atoms with Gasteiger partial charge in [0.25, 0.3) is 0 Å². The van der Waals surface area contributed by atoms with E-state index in [0.717, 1.165) is 11.1 Å². The molecule has 0 atom stereocenters. The zero-order chi connectivity index (χ0) is 9.84. The SMILES string of the molecule is C=CN=C(N)c1cc(Cl)ccc1C. The molecule has 0 fully saturated rings. The largest absolute Gasteiger partial charge is 0.383 e. The van der Waals surface area contributed by atoms with E-state index in [1.807, 2.05) is 19.1 Å². The van der Waals surface area contributed by atoms with Gasteiger partial charge in [-0.25, -0.2) is 4.99 Å². The Labute approximate surface area is 82.7 Å². The second-order valence-electron chi connectivity index (χ2n) is 2.66. The lowest BCUT2D eigenvalue weighted by atomic mass is 10.1. The molecule has 3 heteroatoms. The van der Waals surface area contributed by atoms with Crippen LogP contribution in [-0.2, 0) is 0 Å². The molecule has 0 unspecified atom stereocenters. The van der Waals surface area contributed by atoms with Crippen molar-refractivity contribution in [3.8, 4) is 0 Å². The quantitative estimate of drug-likeness (QED) is 0.570. The van der Waals surface area contributed by atoms with Gasteiger partial charge >= 0.3 is 0 Å². The second kappa shape index (κ2) is 4.10. The number of benzene rings is 1. The van der Waals surface area contributed by atoms with E-state index in [9.17, 15) is 0 Å². The third-order valence-electron chi connectivity index (χ3n) is 1.71. The highest BCUT2D eigenvalue weighted by molar-refractivity contribution is 6.31. The normalized spacial score (nSPS) is 11.4. The molecule has 0 aliphatic carbocycles. The Hall–Kier alpha value is -1.28. The van der Waals surface area contributed by atoms with Gasteiger partial charge in [-0.15, -0.1) is 0 Å². The predicted molar refractivity (Wildman–Crippen MR) is 57.1 cm³/mol. The van der Waals surface area contributed by atoms with Crippen molar-refractivity contribution in [3.63, 3.8) is 0 Å². The number of aryl methyl sites for hydroxylation is 1. The van der Waals surface area contributed by atoms with Crippen molar-refractivity contribution in [2.24, 2.45) is 10.7 Å². The molecule has 0 heterocycles. The van der Waals surface area contributed by atoms with E-state index in [-0.39, 0.29) is 0 Å². The predicted octanol–water partition coefficient (Wildman–Crippen LogP) is 2.50. The summed E-state index contributed by atoms with van der Waals surface area (Å²) in [6.07, 6.45) is 1.41. The lowest BCUT2D eigenvalue weighted by Gasteiger charge is -2.04. The first-order valence-electron chi connectivity index (χ1n) is 3.86. The Kier molecular flexibility index (Phi) is 3.09. The first-order chi connectivity index (χ1) is 6.15. The molecule has 0 saturated carbocycles. The molecule has 0 amide bonds. The lowest BCUT2D eigenvalue weighted by molar-refractivity contribution is 1.39. The van der Waals surface area contributed by atoms with Crippen molar-refractivity contribution >= 4 is 17.4 Å². The molecule has 0 aromatic heterocycles. The van der Waals surface area contributed by atoms with Gasteiger partial charge in [0.05, 0.1) is 0 Å². The van der Waals surface area contributed by atoms with Crippen LogP contribution in [0.3, 0.4) is 0 Å². The third kappa shape index (κ3) is 2.33. The Balaban J connectivity index is 3.20. The number of halogens is 1. The summed E-state index contributed by atoms with van der Waals surface area (Å²) >= 11 is 5.82. The summed E-state index contributed by atoms with van der Waals surface area (Å²) in [5.41, 5.74) is 7.60. The van der Waals surface area contributed by atoms with Crippen LogP contribution in [0, 0.1) is 6.92 Å². The van der Waals surface area contributed by atoms with Gasteiger partial charge in [-0.05, 0) is 24.6 Å². The number of rotatable bonds is 2. The standard InChI is InChI=1S/C10H11ClN2/c1-3-13-10(12)9-6-8(11)5-4-7(9)2/h3-6H,1H2,2H3,(H2,12,13). The molecule has 2 N–H and O–H groups in total. The topological polar surface area (TPSA) is 38.4 Å². The maximum Gasteiger partial charge on any atom is 0.130 e. The van der Waals surface area contributed by atoms with Gasteiger partial charge in [0.2, 0.25) is 0 Å². The minimum Gasteiger partial charge on any atom is -0.383 e. The van der Waals surface area contributed by atoms with Gasteiger partial charge in [0.1, 0.15) is 5.84 Å². The molecule has 68 valence electrons. The number of nitrogens with two attached hydrogens (primary N) is 1. The molecule has 1 aromatic carbocycles. The van der Waals surface area contributed by atoms with E-state index in [1.54, 1.807) is 6.07 Å².